The van der Waals surface area contributed by atoms with E-state index in [1.165, 1.54) is 19.3 Å². The summed E-state index contributed by atoms with van der Waals surface area (Å²) in [7, 11) is 5.45. The number of ether oxygens (including phenoxy) is 1. The van der Waals surface area contributed by atoms with Crippen molar-refractivity contribution < 1.29 is 19.1 Å². The van der Waals surface area contributed by atoms with Crippen LogP contribution >= 0.6 is 0 Å². The van der Waals surface area contributed by atoms with Crippen LogP contribution in [-0.4, -0.2) is 93.6 Å². The highest BCUT2D eigenvalue weighted by molar-refractivity contribution is 5.82. The SMILES string of the molecule is C=C1/C=C\C(NC)=C\C2(CCC(=O)N(C)CCOCCN(C)C(=O)C3CC(N)CN3)/C=C(NC(=O)CCCCCCCC)\C=C/C(=C)C1c1ccccc12. The molecule has 1 aromatic carbocycles. The van der Waals surface area contributed by atoms with Gasteiger partial charge in [-0.05, 0) is 65.8 Å². The van der Waals surface area contributed by atoms with Crippen molar-refractivity contribution in [2.75, 3.05) is 54.0 Å². The molecule has 1 fully saturated rings. The zero-order valence-corrected chi connectivity index (χ0v) is 33.1. The van der Waals surface area contributed by atoms with Gasteiger partial charge in [0.05, 0.1) is 19.3 Å². The summed E-state index contributed by atoms with van der Waals surface area (Å²) in [6, 6.07) is 8.06. The van der Waals surface area contributed by atoms with Crippen molar-refractivity contribution in [3.05, 3.63) is 108 Å². The first-order valence-corrected chi connectivity index (χ1v) is 19.8. The van der Waals surface area contributed by atoms with Crippen molar-refractivity contribution in [3.8, 4) is 0 Å². The summed E-state index contributed by atoms with van der Waals surface area (Å²) in [6.45, 7) is 13.4. The average molecular weight is 741 g/mol. The Balaban J connectivity index is 1.52. The van der Waals surface area contributed by atoms with Crippen LogP contribution in [0.2, 0.25) is 0 Å². The van der Waals surface area contributed by atoms with Gasteiger partial charge in [0.1, 0.15) is 0 Å². The van der Waals surface area contributed by atoms with Gasteiger partial charge in [-0.15, -0.1) is 0 Å². The summed E-state index contributed by atoms with van der Waals surface area (Å²) < 4.78 is 5.86. The van der Waals surface area contributed by atoms with E-state index in [0.29, 0.717) is 57.8 Å². The number of benzene rings is 1. The molecule has 294 valence electrons. The molecule has 0 spiro atoms. The lowest BCUT2D eigenvalue weighted by Crippen LogP contribution is -2.43. The molecule has 5 N–H and O–H groups in total. The second-order valence-electron chi connectivity index (χ2n) is 15.0. The molecule has 3 amide bonds. The van der Waals surface area contributed by atoms with E-state index in [4.69, 9.17) is 10.5 Å². The lowest BCUT2D eigenvalue weighted by Gasteiger charge is -2.34. The molecule has 0 saturated carbocycles. The first kappa shape index (κ1) is 42.5. The Labute approximate surface area is 323 Å². The van der Waals surface area contributed by atoms with Gasteiger partial charge in [0, 0.05) is 82.4 Å². The number of nitrogens with one attached hydrogen (secondary N) is 3. The number of likely N-dealkylation sites (N-methyl/N-ethyl adjacent to an activating group) is 3. The Kier molecular flexibility index (Phi) is 16.5. The second-order valence-corrected chi connectivity index (χ2v) is 15.0. The van der Waals surface area contributed by atoms with Crippen molar-refractivity contribution in [1.29, 1.82) is 0 Å². The normalized spacial score (nSPS) is 25.2. The molecule has 0 radical (unpaired) electrons. The molecule has 2 bridgehead atoms. The number of unbranched alkanes of at least 4 members (excludes halogenated alkanes) is 5. The summed E-state index contributed by atoms with van der Waals surface area (Å²) in [5.74, 6) is -0.212. The number of allylic oxidation sites excluding steroid dienone is 8. The minimum Gasteiger partial charge on any atom is -0.388 e. The molecule has 4 unspecified atom stereocenters. The Hall–Kier alpha value is -4.25. The summed E-state index contributed by atoms with van der Waals surface area (Å²) in [6.07, 6.45) is 20.7. The molecule has 1 aromatic rings. The van der Waals surface area contributed by atoms with Crippen LogP contribution < -0.4 is 21.7 Å². The lowest BCUT2D eigenvalue weighted by atomic mass is 9.70. The van der Waals surface area contributed by atoms with E-state index in [2.05, 4.69) is 60.3 Å². The lowest BCUT2D eigenvalue weighted by molar-refractivity contribution is -0.132. The van der Waals surface area contributed by atoms with E-state index in [1.54, 1.807) is 23.9 Å². The minimum absolute atomic E-state index is 0.00442. The topological polar surface area (TPSA) is 129 Å². The van der Waals surface area contributed by atoms with E-state index in [0.717, 1.165) is 47.2 Å². The molecule has 4 atom stereocenters. The number of carbonyl (C=O) groups excluding carboxylic acids is 3. The van der Waals surface area contributed by atoms with Crippen LogP contribution in [0.25, 0.3) is 0 Å². The third-order valence-corrected chi connectivity index (χ3v) is 10.8. The number of amides is 3. The van der Waals surface area contributed by atoms with E-state index in [1.807, 2.05) is 43.5 Å². The van der Waals surface area contributed by atoms with Crippen LogP contribution in [0.3, 0.4) is 0 Å². The number of hydrogen-bond acceptors (Lipinski definition) is 7. The maximum absolute atomic E-state index is 13.8. The molecule has 10 nitrogen and oxygen atoms in total. The smallest absolute Gasteiger partial charge is 0.239 e. The van der Waals surface area contributed by atoms with Crippen LogP contribution in [0.1, 0.15) is 88.2 Å². The molecule has 3 aliphatic rings. The van der Waals surface area contributed by atoms with E-state index >= 15 is 0 Å². The Morgan fingerprint density at radius 2 is 1.56 bits per heavy atom. The molecule has 2 aliphatic carbocycles. The average Bonchev–Trinajstić information content (AvgIpc) is 3.63. The molecule has 10 heteroatoms. The molecular weight excluding hydrogens is 677 g/mol. The number of hydrogen-bond donors (Lipinski definition) is 4. The van der Waals surface area contributed by atoms with Gasteiger partial charge in [0.25, 0.3) is 0 Å². The van der Waals surface area contributed by atoms with E-state index in [9.17, 15) is 14.4 Å². The fourth-order valence-corrected chi connectivity index (χ4v) is 7.51. The highest BCUT2D eigenvalue weighted by Crippen LogP contribution is 2.45. The maximum Gasteiger partial charge on any atom is 0.239 e. The van der Waals surface area contributed by atoms with E-state index < -0.39 is 5.41 Å². The Morgan fingerprint density at radius 3 is 2.24 bits per heavy atom. The minimum atomic E-state index is -0.776. The van der Waals surface area contributed by atoms with Gasteiger partial charge < -0.3 is 36.2 Å². The predicted octanol–water partition coefficient (Wildman–Crippen LogP) is 5.52. The van der Waals surface area contributed by atoms with Crippen LogP contribution in [-0.2, 0) is 24.5 Å². The number of rotatable bonds is 19. The molecule has 0 aromatic heterocycles. The third kappa shape index (κ3) is 11.9. The quantitative estimate of drug-likeness (QED) is 0.138. The zero-order chi connectivity index (χ0) is 39.1. The summed E-state index contributed by atoms with van der Waals surface area (Å²) >= 11 is 0. The molecule has 1 heterocycles. The highest BCUT2D eigenvalue weighted by Gasteiger charge is 2.36. The number of nitrogens with zero attached hydrogens (tertiary/aromatic N) is 2. The fourth-order valence-electron chi connectivity index (χ4n) is 7.51. The van der Waals surface area contributed by atoms with Gasteiger partial charge in [-0.25, -0.2) is 0 Å². The molecule has 1 saturated heterocycles. The van der Waals surface area contributed by atoms with Gasteiger partial charge in [0.15, 0.2) is 0 Å². The monoisotopic (exact) mass is 740 g/mol. The summed E-state index contributed by atoms with van der Waals surface area (Å²) in [5.41, 5.74) is 10.6. The largest absolute Gasteiger partial charge is 0.388 e. The predicted molar refractivity (Wildman–Crippen MR) is 218 cm³/mol. The van der Waals surface area contributed by atoms with Crippen LogP contribution in [0, 0.1) is 0 Å². The van der Waals surface area contributed by atoms with Gasteiger partial charge in [0.2, 0.25) is 17.7 Å². The molecule has 1 aliphatic heterocycles. The first-order valence-electron chi connectivity index (χ1n) is 19.8. The number of carbonyl (C=O) groups is 3. The zero-order valence-electron chi connectivity index (χ0n) is 33.1. The van der Waals surface area contributed by atoms with Crippen molar-refractivity contribution in [3.63, 3.8) is 0 Å². The van der Waals surface area contributed by atoms with Gasteiger partial charge in [-0.3, -0.25) is 14.4 Å². The molecular formula is C44H64N6O4. The molecule has 54 heavy (non-hydrogen) atoms. The van der Waals surface area contributed by atoms with Crippen molar-refractivity contribution in [2.45, 2.75) is 94.5 Å². The number of nitrogens with two attached hydrogens (primary N) is 1. The van der Waals surface area contributed by atoms with Gasteiger partial charge >= 0.3 is 0 Å². The molecule has 4 rings (SSSR count). The van der Waals surface area contributed by atoms with Crippen LogP contribution in [0.4, 0.5) is 0 Å². The van der Waals surface area contributed by atoms with Crippen molar-refractivity contribution >= 4 is 17.7 Å². The summed E-state index contributed by atoms with van der Waals surface area (Å²) in [5, 5.41) is 9.74. The van der Waals surface area contributed by atoms with Crippen LogP contribution in [0.15, 0.2) is 96.4 Å². The maximum atomic E-state index is 13.8. The Bertz CT molecular complexity index is 1610. The van der Waals surface area contributed by atoms with Crippen molar-refractivity contribution in [1.82, 2.24) is 25.8 Å². The highest BCUT2D eigenvalue weighted by atomic mass is 16.5. The van der Waals surface area contributed by atoms with Gasteiger partial charge in [-0.2, -0.15) is 0 Å². The summed E-state index contributed by atoms with van der Waals surface area (Å²) in [4.78, 5) is 43.2. The third-order valence-electron chi connectivity index (χ3n) is 10.8. The van der Waals surface area contributed by atoms with E-state index in [-0.39, 0.29) is 42.1 Å². The van der Waals surface area contributed by atoms with Crippen molar-refractivity contribution in [2.24, 2.45) is 5.73 Å². The Morgan fingerprint density at radius 1 is 0.907 bits per heavy atom. The fraction of sp³-hybridized carbons (Fsp3) is 0.523. The second kappa shape index (κ2) is 21.0. The standard InChI is InChI=1S/C44H64N6O4/c1-7-8-9-10-11-12-17-40(51)48-36-21-19-33(3)42-32(2)18-20-35(46-4)29-44(30-36,38-16-14-13-15-37(38)42)23-22-41(52)49(5)24-26-54-27-25-50(6)43(53)39-28-34(45)31-47-39/h13-16,18-21,29-30,34,39,42,46-47H,2-3,7-12,17,22-28,31,45H2,1,4-6H3,(H,48,51)/b20-18-,21-19-,35-29-,36-30+. The van der Waals surface area contributed by atoms with Gasteiger partial charge in [-0.1, -0.05) is 88.6 Å². The first-order chi connectivity index (χ1) is 26.0. The van der Waals surface area contributed by atoms with Crippen LogP contribution in [0.5, 0.6) is 0 Å².